The predicted molar refractivity (Wildman–Crippen MR) is 171 cm³/mol. The van der Waals surface area contributed by atoms with E-state index in [4.69, 9.17) is 13.8 Å². The molecule has 0 aromatic heterocycles. The fourth-order valence-electron chi connectivity index (χ4n) is 4.35. The third kappa shape index (κ3) is 27.7. The molecule has 0 aliphatic rings. The lowest BCUT2D eigenvalue weighted by atomic mass is 10.1. The lowest BCUT2D eigenvalue weighted by molar-refractivity contribution is -0.147. The fourth-order valence-corrected chi connectivity index (χ4v) is 5.13. The Hall–Kier alpha value is -1.78. The van der Waals surface area contributed by atoms with E-state index in [9.17, 15) is 34.1 Å². The Labute approximate surface area is 265 Å². The molecule has 0 saturated heterocycles. The van der Waals surface area contributed by atoms with E-state index < -0.39 is 57.6 Å². The summed E-state index contributed by atoms with van der Waals surface area (Å²) in [6.07, 6.45) is 22.7. The van der Waals surface area contributed by atoms with E-state index in [2.05, 4.69) is 31.3 Å². The van der Waals surface area contributed by atoms with E-state index in [1.165, 1.54) is 44.9 Å². The summed E-state index contributed by atoms with van der Waals surface area (Å²) < 4.78 is 26.5. The number of ether oxygens (including phenoxy) is 1. The van der Waals surface area contributed by atoms with Crippen molar-refractivity contribution in [3.63, 3.8) is 0 Å². The standard InChI is InChI=1S/C32H60NO10P/c1-3-5-7-9-11-13-14-16-17-19-21-23-30(35)33-29(32(37)38)27-43-44(39,40)42-26-28(34)25-41-31(36)24-22-20-18-15-12-10-8-6-4-2/h9,11,28-29,34H,3-8,10,12-27H2,1-2H3,(H,33,35)(H,37,38)(H,39,40)/b11-9-. The van der Waals surface area contributed by atoms with Crippen LogP contribution in [0.25, 0.3) is 0 Å². The number of aliphatic carboxylic acids is 1. The minimum atomic E-state index is -4.74. The highest BCUT2D eigenvalue weighted by atomic mass is 31.2. The minimum Gasteiger partial charge on any atom is -0.480 e. The number of allylic oxidation sites excluding steroid dienone is 2. The number of rotatable bonds is 31. The predicted octanol–water partition coefficient (Wildman–Crippen LogP) is 6.99. The number of aliphatic hydroxyl groups is 1. The number of carboxylic acid groups (broad SMARTS) is 1. The molecule has 258 valence electrons. The molecule has 0 aliphatic heterocycles. The number of esters is 1. The number of nitrogens with one attached hydrogen (secondary N) is 1. The van der Waals surface area contributed by atoms with E-state index in [1.807, 2.05) is 0 Å². The first-order chi connectivity index (χ1) is 21.1. The summed E-state index contributed by atoms with van der Waals surface area (Å²) in [7, 11) is -4.74. The summed E-state index contributed by atoms with van der Waals surface area (Å²) in [5.41, 5.74) is 0. The zero-order valence-corrected chi connectivity index (χ0v) is 28.1. The van der Waals surface area contributed by atoms with Gasteiger partial charge >= 0.3 is 19.8 Å². The molecule has 0 aromatic rings. The Balaban J connectivity index is 4.05. The van der Waals surface area contributed by atoms with Gasteiger partial charge in [0.05, 0.1) is 13.2 Å². The van der Waals surface area contributed by atoms with Gasteiger partial charge in [0.2, 0.25) is 5.91 Å². The average molecular weight is 650 g/mol. The first-order valence-corrected chi connectivity index (χ1v) is 18.2. The third-order valence-corrected chi connectivity index (χ3v) is 8.01. The van der Waals surface area contributed by atoms with Crippen LogP contribution in [0.5, 0.6) is 0 Å². The summed E-state index contributed by atoms with van der Waals surface area (Å²) in [5, 5.41) is 21.6. The van der Waals surface area contributed by atoms with Gasteiger partial charge in [-0.05, 0) is 32.1 Å². The molecule has 0 bridgehead atoms. The molecule has 3 atom stereocenters. The highest BCUT2D eigenvalue weighted by Gasteiger charge is 2.28. The molecule has 0 rings (SSSR count). The second-order valence-electron chi connectivity index (χ2n) is 11.4. The number of unbranched alkanes of at least 4 members (excludes halogenated alkanes) is 15. The van der Waals surface area contributed by atoms with Crippen LogP contribution in [0.15, 0.2) is 12.2 Å². The van der Waals surface area contributed by atoms with Gasteiger partial charge in [0, 0.05) is 12.8 Å². The number of hydrogen-bond donors (Lipinski definition) is 4. The lowest BCUT2D eigenvalue weighted by Crippen LogP contribution is -2.43. The maximum atomic E-state index is 12.2. The van der Waals surface area contributed by atoms with Crippen LogP contribution in [0.1, 0.15) is 142 Å². The molecular weight excluding hydrogens is 589 g/mol. The second-order valence-corrected chi connectivity index (χ2v) is 12.8. The van der Waals surface area contributed by atoms with Crippen molar-refractivity contribution in [3.05, 3.63) is 12.2 Å². The highest BCUT2D eigenvalue weighted by Crippen LogP contribution is 2.43. The van der Waals surface area contributed by atoms with E-state index in [-0.39, 0.29) is 12.8 Å². The van der Waals surface area contributed by atoms with Crippen molar-refractivity contribution < 1.29 is 47.8 Å². The first kappa shape index (κ1) is 42.2. The molecule has 12 heteroatoms. The Bertz CT molecular complexity index is 823. The van der Waals surface area contributed by atoms with Gasteiger partial charge in [-0.1, -0.05) is 109 Å². The number of phosphoric ester groups is 1. The van der Waals surface area contributed by atoms with Crippen LogP contribution < -0.4 is 5.32 Å². The summed E-state index contributed by atoms with van der Waals surface area (Å²) in [6, 6.07) is -1.54. The molecule has 0 spiro atoms. The normalized spacial score (nSPS) is 14.3. The van der Waals surface area contributed by atoms with Gasteiger partial charge in [-0.25, -0.2) is 9.36 Å². The summed E-state index contributed by atoms with van der Waals surface area (Å²) >= 11 is 0. The van der Waals surface area contributed by atoms with E-state index in [0.717, 1.165) is 57.8 Å². The Morgan fingerprint density at radius 2 is 1.20 bits per heavy atom. The van der Waals surface area contributed by atoms with Gasteiger partial charge in [0.15, 0.2) is 6.04 Å². The van der Waals surface area contributed by atoms with Gasteiger partial charge in [0.25, 0.3) is 0 Å². The van der Waals surface area contributed by atoms with Gasteiger partial charge in [-0.15, -0.1) is 0 Å². The molecule has 0 aromatic carbocycles. The van der Waals surface area contributed by atoms with Crippen molar-refractivity contribution >= 4 is 25.7 Å². The van der Waals surface area contributed by atoms with Crippen LogP contribution in [0.4, 0.5) is 0 Å². The van der Waals surface area contributed by atoms with Crippen LogP contribution >= 0.6 is 7.82 Å². The number of carbonyl (C=O) groups is 3. The van der Waals surface area contributed by atoms with E-state index in [1.54, 1.807) is 0 Å². The Morgan fingerprint density at radius 1 is 0.705 bits per heavy atom. The van der Waals surface area contributed by atoms with Crippen LogP contribution in [0.3, 0.4) is 0 Å². The number of amides is 1. The van der Waals surface area contributed by atoms with Crippen molar-refractivity contribution in [1.82, 2.24) is 5.32 Å². The lowest BCUT2D eigenvalue weighted by Gasteiger charge is -2.18. The molecule has 4 N–H and O–H groups in total. The quantitative estimate of drug-likeness (QED) is 0.0266. The Morgan fingerprint density at radius 3 is 1.80 bits per heavy atom. The number of aliphatic hydroxyl groups excluding tert-OH is 1. The van der Waals surface area contributed by atoms with Gasteiger partial charge in [-0.2, -0.15) is 0 Å². The number of carbonyl (C=O) groups excluding carboxylic acids is 2. The van der Waals surface area contributed by atoms with Crippen LogP contribution in [0.2, 0.25) is 0 Å². The Kier molecular flexibility index (Phi) is 27.5. The average Bonchev–Trinajstić information content (AvgIpc) is 2.99. The number of hydrogen-bond acceptors (Lipinski definition) is 8. The zero-order chi connectivity index (χ0) is 32.9. The molecule has 0 heterocycles. The molecule has 1 amide bonds. The molecule has 0 radical (unpaired) electrons. The van der Waals surface area contributed by atoms with Gasteiger partial charge in [0.1, 0.15) is 12.7 Å². The van der Waals surface area contributed by atoms with Crippen molar-refractivity contribution in [2.45, 2.75) is 154 Å². The van der Waals surface area contributed by atoms with E-state index in [0.29, 0.717) is 12.8 Å². The monoisotopic (exact) mass is 649 g/mol. The maximum absolute atomic E-state index is 12.2. The topological polar surface area (TPSA) is 169 Å². The fraction of sp³-hybridized carbons (Fsp3) is 0.844. The molecule has 44 heavy (non-hydrogen) atoms. The summed E-state index contributed by atoms with van der Waals surface area (Å²) in [5.74, 6) is -2.39. The van der Waals surface area contributed by atoms with Gasteiger partial charge in [-0.3, -0.25) is 18.6 Å². The smallest absolute Gasteiger partial charge is 0.472 e. The second kappa shape index (κ2) is 28.7. The summed E-state index contributed by atoms with van der Waals surface area (Å²) in [6.45, 7) is 2.47. The van der Waals surface area contributed by atoms with Crippen molar-refractivity contribution in [2.75, 3.05) is 19.8 Å². The molecule has 0 saturated carbocycles. The number of carboxylic acids is 1. The minimum absolute atomic E-state index is 0.137. The maximum Gasteiger partial charge on any atom is 0.472 e. The van der Waals surface area contributed by atoms with Crippen molar-refractivity contribution in [3.8, 4) is 0 Å². The number of phosphoric acid groups is 1. The molecular formula is C32H60NO10P. The van der Waals surface area contributed by atoms with Crippen LogP contribution in [-0.2, 0) is 32.7 Å². The first-order valence-electron chi connectivity index (χ1n) is 16.7. The van der Waals surface area contributed by atoms with Crippen molar-refractivity contribution in [1.29, 1.82) is 0 Å². The van der Waals surface area contributed by atoms with Crippen LogP contribution in [0, 0.1) is 0 Å². The third-order valence-electron chi connectivity index (χ3n) is 7.05. The molecule has 0 aliphatic carbocycles. The van der Waals surface area contributed by atoms with Crippen LogP contribution in [-0.4, -0.2) is 64.9 Å². The SMILES string of the molecule is CCCC/C=C\CCCCCCCC(=O)NC(COP(=O)(O)OCC(O)COC(=O)CCCCCCCCCCC)C(=O)O. The zero-order valence-electron chi connectivity index (χ0n) is 27.2. The van der Waals surface area contributed by atoms with Crippen molar-refractivity contribution in [2.24, 2.45) is 0 Å². The van der Waals surface area contributed by atoms with E-state index >= 15 is 0 Å². The molecule has 11 nitrogen and oxygen atoms in total. The highest BCUT2D eigenvalue weighted by molar-refractivity contribution is 7.47. The molecule has 0 fully saturated rings. The van der Waals surface area contributed by atoms with Gasteiger partial charge < -0.3 is 25.2 Å². The summed E-state index contributed by atoms with van der Waals surface area (Å²) in [4.78, 5) is 45.4. The molecule has 3 unspecified atom stereocenters. The largest absolute Gasteiger partial charge is 0.480 e.